The Bertz CT molecular complexity index is 1250. The molecule has 2 N–H and O–H groups in total. The predicted molar refractivity (Wildman–Crippen MR) is 113 cm³/mol. The van der Waals surface area contributed by atoms with Gasteiger partial charge in [0.15, 0.2) is 17.2 Å². The first-order chi connectivity index (χ1) is 14.9. The third-order valence-electron chi connectivity index (χ3n) is 4.90. The maximum atomic E-state index is 13.2. The maximum absolute atomic E-state index is 13.2. The SMILES string of the molecule is CC(C)n1nc(C(=O)Nc2cc3c(cc2C(=O)O)OCCCO3)c2ccccc2c1=O. The summed E-state index contributed by atoms with van der Waals surface area (Å²) in [5, 5.41) is 17.3. The molecule has 0 spiro atoms. The second kappa shape index (κ2) is 8.10. The molecule has 160 valence electrons. The van der Waals surface area contributed by atoms with E-state index >= 15 is 0 Å². The van der Waals surface area contributed by atoms with E-state index in [2.05, 4.69) is 10.4 Å². The van der Waals surface area contributed by atoms with Crippen LogP contribution in [0.2, 0.25) is 0 Å². The molecule has 0 saturated carbocycles. The minimum absolute atomic E-state index is 0.0207. The number of nitrogens with one attached hydrogen (secondary N) is 1. The Hall–Kier alpha value is -3.88. The summed E-state index contributed by atoms with van der Waals surface area (Å²) in [7, 11) is 0. The minimum Gasteiger partial charge on any atom is -0.490 e. The van der Waals surface area contributed by atoms with Gasteiger partial charge in [0.2, 0.25) is 0 Å². The molecule has 9 heteroatoms. The van der Waals surface area contributed by atoms with Crippen LogP contribution >= 0.6 is 0 Å². The van der Waals surface area contributed by atoms with Crippen molar-refractivity contribution in [1.29, 1.82) is 0 Å². The number of benzene rings is 2. The first-order valence-corrected chi connectivity index (χ1v) is 9.86. The molecule has 3 aromatic rings. The molecule has 1 amide bonds. The third-order valence-corrected chi connectivity index (χ3v) is 4.90. The molecule has 0 fully saturated rings. The number of carbonyl (C=O) groups excluding carboxylic acids is 1. The van der Waals surface area contributed by atoms with Gasteiger partial charge in [0.1, 0.15) is 0 Å². The fourth-order valence-electron chi connectivity index (χ4n) is 3.39. The van der Waals surface area contributed by atoms with Crippen LogP contribution in [0.1, 0.15) is 47.2 Å². The van der Waals surface area contributed by atoms with Crippen LogP contribution in [-0.2, 0) is 0 Å². The van der Waals surface area contributed by atoms with Gasteiger partial charge in [0.05, 0.1) is 35.9 Å². The van der Waals surface area contributed by atoms with Crippen molar-refractivity contribution in [2.24, 2.45) is 0 Å². The topological polar surface area (TPSA) is 120 Å². The van der Waals surface area contributed by atoms with Crippen LogP contribution in [-0.4, -0.2) is 40.0 Å². The van der Waals surface area contributed by atoms with Crippen molar-refractivity contribution in [3.05, 3.63) is 58.0 Å². The molecule has 0 saturated heterocycles. The van der Waals surface area contributed by atoms with Crippen molar-refractivity contribution < 1.29 is 24.2 Å². The van der Waals surface area contributed by atoms with E-state index < -0.39 is 11.9 Å². The summed E-state index contributed by atoms with van der Waals surface area (Å²) < 4.78 is 12.4. The summed E-state index contributed by atoms with van der Waals surface area (Å²) in [6, 6.07) is 9.18. The standard InChI is InChI=1S/C22H21N3O6/c1-12(2)25-21(27)14-7-4-3-6-13(14)19(24-25)20(26)23-16-11-18-17(10-15(16)22(28)29)30-8-5-9-31-18/h3-4,6-7,10-12H,5,8-9H2,1-2H3,(H,23,26)(H,28,29). The zero-order valence-corrected chi connectivity index (χ0v) is 17.0. The number of ether oxygens (including phenoxy) is 2. The predicted octanol–water partition coefficient (Wildman–Crippen LogP) is 3.09. The van der Waals surface area contributed by atoms with Crippen LogP contribution in [0.5, 0.6) is 11.5 Å². The number of nitrogens with zero attached hydrogens (tertiary/aromatic N) is 2. The summed E-state index contributed by atoms with van der Waals surface area (Å²) >= 11 is 0. The fourth-order valence-corrected chi connectivity index (χ4v) is 3.39. The molecular formula is C22H21N3O6. The van der Waals surface area contributed by atoms with E-state index in [1.54, 1.807) is 38.1 Å². The van der Waals surface area contributed by atoms with E-state index in [-0.39, 0.29) is 28.5 Å². The molecule has 0 atom stereocenters. The van der Waals surface area contributed by atoms with Crippen molar-refractivity contribution in [2.45, 2.75) is 26.3 Å². The highest BCUT2D eigenvalue weighted by molar-refractivity contribution is 6.13. The molecule has 0 radical (unpaired) electrons. The van der Waals surface area contributed by atoms with Crippen molar-refractivity contribution in [3.8, 4) is 11.5 Å². The Balaban J connectivity index is 1.81. The number of aromatic carboxylic acids is 1. The van der Waals surface area contributed by atoms with Crippen LogP contribution in [0.15, 0.2) is 41.2 Å². The second-order valence-electron chi connectivity index (χ2n) is 7.39. The highest BCUT2D eigenvalue weighted by atomic mass is 16.5. The van der Waals surface area contributed by atoms with Crippen LogP contribution in [0.3, 0.4) is 0 Å². The van der Waals surface area contributed by atoms with E-state index in [0.29, 0.717) is 41.9 Å². The molecule has 1 aliphatic rings. The van der Waals surface area contributed by atoms with Gasteiger partial charge in [0, 0.05) is 23.9 Å². The third kappa shape index (κ3) is 3.81. The lowest BCUT2D eigenvalue weighted by Crippen LogP contribution is -2.29. The summed E-state index contributed by atoms with van der Waals surface area (Å²) in [4.78, 5) is 37.7. The van der Waals surface area contributed by atoms with E-state index in [4.69, 9.17) is 9.47 Å². The van der Waals surface area contributed by atoms with Crippen molar-refractivity contribution in [1.82, 2.24) is 9.78 Å². The average molecular weight is 423 g/mol. The summed E-state index contributed by atoms with van der Waals surface area (Å²) in [6.07, 6.45) is 0.658. The normalized spacial score (nSPS) is 13.1. The molecule has 2 aromatic carbocycles. The first kappa shape index (κ1) is 20.4. The number of amides is 1. The smallest absolute Gasteiger partial charge is 0.337 e. The zero-order valence-electron chi connectivity index (χ0n) is 17.0. The van der Waals surface area contributed by atoms with E-state index in [1.165, 1.54) is 16.8 Å². The first-order valence-electron chi connectivity index (χ1n) is 9.86. The molecule has 9 nitrogen and oxygen atoms in total. The number of anilines is 1. The number of aromatic nitrogens is 2. The van der Waals surface area contributed by atoms with Gasteiger partial charge < -0.3 is 19.9 Å². The number of fused-ring (bicyclic) bond motifs is 2. The Morgan fingerprint density at radius 1 is 1.10 bits per heavy atom. The summed E-state index contributed by atoms with van der Waals surface area (Å²) in [5.41, 5.74) is -0.370. The minimum atomic E-state index is -1.23. The van der Waals surface area contributed by atoms with Crippen LogP contribution in [0.4, 0.5) is 5.69 Å². The lowest BCUT2D eigenvalue weighted by atomic mass is 10.1. The van der Waals surface area contributed by atoms with E-state index in [0.717, 1.165) is 0 Å². The number of carbonyl (C=O) groups is 2. The van der Waals surface area contributed by atoms with Crippen molar-refractivity contribution in [3.63, 3.8) is 0 Å². The maximum Gasteiger partial charge on any atom is 0.337 e. The summed E-state index contributed by atoms with van der Waals surface area (Å²) in [6.45, 7) is 4.40. The van der Waals surface area contributed by atoms with Gasteiger partial charge in [0.25, 0.3) is 11.5 Å². The van der Waals surface area contributed by atoms with Gasteiger partial charge in [-0.2, -0.15) is 5.10 Å². The molecule has 0 aliphatic carbocycles. The Morgan fingerprint density at radius 2 is 1.74 bits per heavy atom. The quantitative estimate of drug-likeness (QED) is 0.662. The molecule has 1 aromatic heterocycles. The molecule has 31 heavy (non-hydrogen) atoms. The van der Waals surface area contributed by atoms with Crippen molar-refractivity contribution >= 4 is 28.3 Å². The molecule has 0 bridgehead atoms. The fraction of sp³-hybridized carbons (Fsp3) is 0.273. The van der Waals surface area contributed by atoms with Crippen molar-refractivity contribution in [2.75, 3.05) is 18.5 Å². The van der Waals surface area contributed by atoms with Gasteiger partial charge in [-0.15, -0.1) is 0 Å². The highest BCUT2D eigenvalue weighted by Gasteiger charge is 2.23. The monoisotopic (exact) mass is 423 g/mol. The molecule has 0 unspecified atom stereocenters. The number of hydrogen-bond acceptors (Lipinski definition) is 6. The van der Waals surface area contributed by atoms with Gasteiger partial charge in [-0.3, -0.25) is 9.59 Å². The van der Waals surface area contributed by atoms with Gasteiger partial charge in [-0.1, -0.05) is 18.2 Å². The molecule has 1 aliphatic heterocycles. The number of carboxylic acids is 1. The number of rotatable bonds is 4. The average Bonchev–Trinajstić information content (AvgIpc) is 2.98. The Morgan fingerprint density at radius 3 is 2.39 bits per heavy atom. The summed E-state index contributed by atoms with van der Waals surface area (Å²) in [5.74, 6) is -1.20. The Labute approximate surface area is 177 Å². The number of carboxylic acid groups (broad SMARTS) is 1. The van der Waals surface area contributed by atoms with Gasteiger partial charge in [-0.25, -0.2) is 9.48 Å². The van der Waals surface area contributed by atoms with E-state index in [9.17, 15) is 19.5 Å². The lowest BCUT2D eigenvalue weighted by molar-refractivity contribution is 0.0697. The number of hydrogen-bond donors (Lipinski definition) is 2. The molecule has 4 rings (SSSR count). The Kier molecular flexibility index (Phi) is 5.33. The van der Waals surface area contributed by atoms with Crippen LogP contribution in [0, 0.1) is 0 Å². The largest absolute Gasteiger partial charge is 0.490 e. The zero-order chi connectivity index (χ0) is 22.1. The van der Waals surface area contributed by atoms with Gasteiger partial charge >= 0.3 is 5.97 Å². The lowest BCUT2D eigenvalue weighted by Gasteiger charge is -2.15. The second-order valence-corrected chi connectivity index (χ2v) is 7.39. The molecular weight excluding hydrogens is 402 g/mol. The highest BCUT2D eigenvalue weighted by Crippen LogP contribution is 2.35. The van der Waals surface area contributed by atoms with Gasteiger partial charge in [-0.05, 0) is 19.9 Å². The molecule has 2 heterocycles. The van der Waals surface area contributed by atoms with Crippen LogP contribution < -0.4 is 20.3 Å². The van der Waals surface area contributed by atoms with E-state index in [1.807, 2.05) is 0 Å². The van der Waals surface area contributed by atoms with Crippen LogP contribution in [0.25, 0.3) is 10.8 Å².